The second-order valence-electron chi connectivity index (χ2n) is 6.33. The summed E-state index contributed by atoms with van der Waals surface area (Å²) in [6.45, 7) is 2.10. The number of nitrogens with zero attached hydrogens (tertiary/aromatic N) is 2. The lowest BCUT2D eigenvalue weighted by atomic mass is 9.85. The van der Waals surface area contributed by atoms with E-state index in [9.17, 15) is 9.59 Å². The van der Waals surface area contributed by atoms with Gasteiger partial charge in [-0.05, 0) is 35.8 Å². The van der Waals surface area contributed by atoms with Gasteiger partial charge in [0.2, 0.25) is 0 Å². The smallest absolute Gasteiger partial charge is 0.254 e. The molecule has 1 heterocycles. The van der Waals surface area contributed by atoms with Crippen molar-refractivity contribution in [1.29, 1.82) is 0 Å². The van der Waals surface area contributed by atoms with Crippen molar-refractivity contribution in [2.75, 3.05) is 0 Å². The van der Waals surface area contributed by atoms with Gasteiger partial charge in [-0.1, -0.05) is 43.3 Å². The molecule has 1 aromatic carbocycles. The van der Waals surface area contributed by atoms with E-state index in [1.165, 1.54) is 5.56 Å². The van der Waals surface area contributed by atoms with Crippen molar-refractivity contribution < 1.29 is 9.59 Å². The van der Waals surface area contributed by atoms with Crippen molar-refractivity contribution in [2.24, 2.45) is 28.8 Å². The van der Waals surface area contributed by atoms with Gasteiger partial charge in [0.05, 0.1) is 18.1 Å². The molecular formula is C18H18N2O2. The lowest BCUT2D eigenvalue weighted by Crippen LogP contribution is -2.28. The van der Waals surface area contributed by atoms with Gasteiger partial charge in [-0.3, -0.25) is 9.59 Å². The monoisotopic (exact) mass is 294 g/mol. The first-order valence-electron chi connectivity index (χ1n) is 7.88. The van der Waals surface area contributed by atoms with Crippen molar-refractivity contribution in [3.8, 4) is 0 Å². The Balaban J connectivity index is 1.55. The molecule has 0 aromatic heterocycles. The number of carbonyl (C=O) groups is 2. The van der Waals surface area contributed by atoms with Crippen LogP contribution in [-0.2, 0) is 16.0 Å². The standard InChI is InChI=1S/C18H18N2O2/c1-2-11-3-5-12(6-4-11)10-19-20-17(21)15-13-7-8-14(9-13)16(15)18(20)22/h3-8,10,13-16H,2,9H2,1H3/t13-,14-,15-,16+/m0/s1. The Bertz CT molecular complexity index is 660. The molecule has 0 N–H and O–H groups in total. The van der Waals surface area contributed by atoms with Crippen LogP contribution < -0.4 is 0 Å². The van der Waals surface area contributed by atoms with Crippen LogP contribution in [0.15, 0.2) is 41.5 Å². The summed E-state index contributed by atoms with van der Waals surface area (Å²) in [6.07, 6.45) is 7.72. The van der Waals surface area contributed by atoms with E-state index < -0.39 is 0 Å². The van der Waals surface area contributed by atoms with E-state index in [1.807, 2.05) is 24.3 Å². The molecule has 112 valence electrons. The van der Waals surface area contributed by atoms with E-state index in [0.29, 0.717) is 0 Å². The lowest BCUT2D eigenvalue weighted by molar-refractivity contribution is -0.140. The molecule has 4 nitrogen and oxygen atoms in total. The molecule has 4 rings (SSSR count). The van der Waals surface area contributed by atoms with Crippen LogP contribution in [0.2, 0.25) is 0 Å². The van der Waals surface area contributed by atoms with Crippen LogP contribution >= 0.6 is 0 Å². The van der Waals surface area contributed by atoms with E-state index in [4.69, 9.17) is 0 Å². The molecule has 2 amide bonds. The Labute approximate surface area is 129 Å². The summed E-state index contributed by atoms with van der Waals surface area (Å²) in [6, 6.07) is 7.99. The van der Waals surface area contributed by atoms with Crippen LogP contribution in [0.1, 0.15) is 24.5 Å². The van der Waals surface area contributed by atoms with E-state index in [2.05, 4.69) is 24.2 Å². The maximum atomic E-state index is 12.5. The zero-order valence-corrected chi connectivity index (χ0v) is 12.5. The maximum absolute atomic E-state index is 12.5. The lowest BCUT2D eigenvalue weighted by Gasteiger charge is -2.13. The third-order valence-corrected chi connectivity index (χ3v) is 5.16. The molecular weight excluding hydrogens is 276 g/mol. The summed E-state index contributed by atoms with van der Waals surface area (Å²) in [7, 11) is 0. The molecule has 2 fully saturated rings. The summed E-state index contributed by atoms with van der Waals surface area (Å²) in [5.41, 5.74) is 2.15. The quantitative estimate of drug-likeness (QED) is 0.488. The highest BCUT2D eigenvalue weighted by molar-refractivity contribution is 6.06. The minimum atomic E-state index is -0.179. The number of allylic oxidation sites excluding steroid dienone is 2. The topological polar surface area (TPSA) is 49.7 Å². The molecule has 2 bridgehead atoms. The predicted molar refractivity (Wildman–Crippen MR) is 83.0 cm³/mol. The number of amides is 2. The van der Waals surface area contributed by atoms with Gasteiger partial charge in [-0.25, -0.2) is 0 Å². The fraction of sp³-hybridized carbons (Fsp3) is 0.389. The molecule has 0 radical (unpaired) electrons. The SMILES string of the molecule is CCc1ccc(C=NN2C(=O)[C@@H]3[C@H](C2=O)[C@H]2C=C[C@H]3C2)cc1. The average Bonchev–Trinajstić information content (AvgIpc) is 3.21. The number of hydrazone groups is 1. The molecule has 22 heavy (non-hydrogen) atoms. The number of benzene rings is 1. The minimum Gasteiger partial charge on any atom is -0.272 e. The minimum absolute atomic E-state index is 0.131. The zero-order chi connectivity index (χ0) is 15.3. The fourth-order valence-corrected chi connectivity index (χ4v) is 3.96. The zero-order valence-electron chi connectivity index (χ0n) is 12.5. The van der Waals surface area contributed by atoms with Crippen molar-refractivity contribution in [2.45, 2.75) is 19.8 Å². The van der Waals surface area contributed by atoms with Gasteiger partial charge in [-0.2, -0.15) is 10.1 Å². The molecule has 4 heteroatoms. The summed E-state index contributed by atoms with van der Waals surface area (Å²) < 4.78 is 0. The van der Waals surface area contributed by atoms with Gasteiger partial charge in [0.25, 0.3) is 11.8 Å². The maximum Gasteiger partial charge on any atom is 0.254 e. The van der Waals surface area contributed by atoms with Gasteiger partial charge in [-0.15, -0.1) is 0 Å². The second-order valence-corrected chi connectivity index (χ2v) is 6.33. The summed E-state index contributed by atoms with van der Waals surface area (Å²) in [5, 5.41) is 5.26. The molecule has 1 saturated carbocycles. The van der Waals surface area contributed by atoms with Gasteiger partial charge in [0.15, 0.2) is 0 Å². The van der Waals surface area contributed by atoms with Crippen molar-refractivity contribution in [3.63, 3.8) is 0 Å². The third kappa shape index (κ3) is 1.86. The van der Waals surface area contributed by atoms with Crippen molar-refractivity contribution in [3.05, 3.63) is 47.5 Å². The Kier molecular flexibility index (Phi) is 2.99. The van der Waals surface area contributed by atoms with Crippen LogP contribution in [0, 0.1) is 23.7 Å². The Hall–Kier alpha value is -2.23. The average molecular weight is 294 g/mol. The van der Waals surface area contributed by atoms with Crippen LogP contribution in [0.5, 0.6) is 0 Å². The van der Waals surface area contributed by atoms with E-state index in [1.54, 1.807) is 6.21 Å². The van der Waals surface area contributed by atoms with E-state index in [0.717, 1.165) is 23.4 Å². The highest BCUT2D eigenvalue weighted by atomic mass is 16.2. The Morgan fingerprint density at radius 2 is 1.68 bits per heavy atom. The molecule has 2 aliphatic carbocycles. The number of rotatable bonds is 3. The number of fused-ring (bicyclic) bond motifs is 5. The summed E-state index contributed by atoms with van der Waals surface area (Å²) >= 11 is 0. The molecule has 3 aliphatic rings. The van der Waals surface area contributed by atoms with Crippen LogP contribution in [-0.4, -0.2) is 23.0 Å². The molecule has 1 aliphatic heterocycles. The molecule has 0 unspecified atom stereocenters. The van der Waals surface area contributed by atoms with Crippen LogP contribution in [0.4, 0.5) is 0 Å². The third-order valence-electron chi connectivity index (χ3n) is 5.16. The normalized spacial score (nSPS) is 32.5. The Morgan fingerprint density at radius 3 is 2.23 bits per heavy atom. The molecule has 1 aromatic rings. The van der Waals surface area contributed by atoms with Crippen molar-refractivity contribution in [1.82, 2.24) is 5.01 Å². The first-order chi connectivity index (χ1) is 10.7. The molecule has 4 atom stereocenters. The van der Waals surface area contributed by atoms with Gasteiger partial charge >= 0.3 is 0 Å². The van der Waals surface area contributed by atoms with Gasteiger partial charge in [0, 0.05) is 0 Å². The van der Waals surface area contributed by atoms with E-state index in [-0.39, 0.29) is 35.5 Å². The number of carbonyl (C=O) groups excluding carboxylic acids is 2. The first kappa shape index (κ1) is 13.4. The number of hydrogen-bond acceptors (Lipinski definition) is 3. The van der Waals surface area contributed by atoms with Crippen LogP contribution in [0.3, 0.4) is 0 Å². The Morgan fingerprint density at radius 1 is 1.09 bits per heavy atom. The first-order valence-corrected chi connectivity index (χ1v) is 7.88. The number of imide groups is 1. The van der Waals surface area contributed by atoms with Crippen molar-refractivity contribution >= 4 is 18.0 Å². The molecule has 1 saturated heterocycles. The van der Waals surface area contributed by atoms with Crippen LogP contribution in [0.25, 0.3) is 0 Å². The van der Waals surface area contributed by atoms with E-state index >= 15 is 0 Å². The highest BCUT2D eigenvalue weighted by Gasteiger charge is 2.59. The summed E-state index contributed by atoms with van der Waals surface area (Å²) in [4.78, 5) is 24.9. The fourth-order valence-electron chi connectivity index (χ4n) is 3.96. The highest BCUT2D eigenvalue weighted by Crippen LogP contribution is 2.52. The second kappa shape index (κ2) is 4.90. The number of hydrogen-bond donors (Lipinski definition) is 0. The van der Waals surface area contributed by atoms with Gasteiger partial charge < -0.3 is 0 Å². The van der Waals surface area contributed by atoms with Gasteiger partial charge in [0.1, 0.15) is 0 Å². The largest absolute Gasteiger partial charge is 0.272 e. The summed E-state index contributed by atoms with van der Waals surface area (Å²) in [5.74, 6) is -0.156. The number of aryl methyl sites for hydroxylation is 1. The predicted octanol–water partition coefficient (Wildman–Crippen LogP) is 2.39. The molecule has 0 spiro atoms.